The van der Waals surface area contributed by atoms with Crippen LogP contribution in [-0.4, -0.2) is 6.43 Å². The van der Waals surface area contributed by atoms with E-state index in [1.54, 1.807) is 6.07 Å². The molecule has 1 nitrogen and oxygen atoms in total. The maximum Gasteiger partial charge on any atom is 0.242 e. The van der Waals surface area contributed by atoms with Crippen molar-refractivity contribution in [1.82, 2.24) is 0 Å². The predicted molar refractivity (Wildman–Crippen MR) is 60.5 cm³/mol. The van der Waals surface area contributed by atoms with Crippen LogP contribution in [0.1, 0.15) is 36.8 Å². The van der Waals surface area contributed by atoms with Crippen molar-refractivity contribution in [2.75, 3.05) is 0 Å². The highest BCUT2D eigenvalue weighted by atomic mass is 19.3. The first-order valence-corrected chi connectivity index (χ1v) is 5.77. The molecule has 0 spiro atoms. The molecular weight excluding hydrogens is 208 g/mol. The van der Waals surface area contributed by atoms with Gasteiger partial charge in [-0.1, -0.05) is 37.1 Å². The van der Waals surface area contributed by atoms with Gasteiger partial charge in [0.25, 0.3) is 0 Å². The summed E-state index contributed by atoms with van der Waals surface area (Å²) in [6, 6.07) is 7.38. The highest BCUT2D eigenvalue weighted by molar-refractivity contribution is 5.30. The van der Waals surface area contributed by atoms with E-state index in [-0.39, 0.29) is 12.0 Å². The molecule has 16 heavy (non-hydrogen) atoms. The van der Waals surface area contributed by atoms with Crippen LogP contribution in [0.5, 0.6) is 0 Å². The Kier molecular flexibility index (Phi) is 3.24. The summed E-state index contributed by atoms with van der Waals surface area (Å²) < 4.78 is 24.6. The number of benzene rings is 1. The van der Waals surface area contributed by atoms with Gasteiger partial charge in [0.2, 0.25) is 6.43 Å². The zero-order valence-corrected chi connectivity index (χ0v) is 9.26. The summed E-state index contributed by atoms with van der Waals surface area (Å²) in [6.07, 6.45) is 1.73. The first kappa shape index (κ1) is 11.5. The van der Waals surface area contributed by atoms with Gasteiger partial charge in [0.1, 0.15) is 0 Å². The van der Waals surface area contributed by atoms with Crippen LogP contribution in [0.15, 0.2) is 24.3 Å². The molecule has 0 unspecified atom stereocenters. The molecule has 3 heteroatoms. The van der Waals surface area contributed by atoms with Crippen LogP contribution < -0.4 is 5.73 Å². The minimum Gasteiger partial charge on any atom is -0.321 e. The molecule has 1 saturated carbocycles. The molecule has 0 saturated heterocycles. The highest BCUT2D eigenvalue weighted by Gasteiger charge is 2.31. The summed E-state index contributed by atoms with van der Waals surface area (Å²) in [6.45, 7) is 0. The van der Waals surface area contributed by atoms with E-state index in [1.807, 2.05) is 18.2 Å². The molecule has 0 atom stereocenters. The monoisotopic (exact) mass is 225 g/mol. The fourth-order valence-electron chi connectivity index (χ4n) is 2.48. The zero-order valence-electron chi connectivity index (χ0n) is 9.26. The van der Waals surface area contributed by atoms with Crippen molar-refractivity contribution in [3.8, 4) is 0 Å². The predicted octanol–water partition coefficient (Wildman–Crippen LogP) is 3.22. The lowest BCUT2D eigenvalue weighted by molar-refractivity contribution is 0.149. The standard InChI is InChI=1S/C13H17F2N/c14-12(15)9-10-4-3-5-11(8-10)13(16)6-1-2-7-13/h3-5,8,12H,1-2,6-7,9,16H2. The van der Waals surface area contributed by atoms with Gasteiger partial charge in [-0.25, -0.2) is 8.78 Å². The van der Waals surface area contributed by atoms with Crippen LogP contribution in [0.25, 0.3) is 0 Å². The molecule has 0 bridgehead atoms. The number of hydrogen-bond acceptors (Lipinski definition) is 1. The molecule has 0 heterocycles. The van der Waals surface area contributed by atoms with Gasteiger partial charge >= 0.3 is 0 Å². The Morgan fingerprint density at radius 1 is 1.25 bits per heavy atom. The van der Waals surface area contributed by atoms with Gasteiger partial charge in [0.05, 0.1) is 0 Å². The Morgan fingerprint density at radius 3 is 2.56 bits per heavy atom. The van der Waals surface area contributed by atoms with Gasteiger partial charge in [0.15, 0.2) is 0 Å². The van der Waals surface area contributed by atoms with Crippen LogP contribution in [0.4, 0.5) is 8.78 Å². The lowest BCUT2D eigenvalue weighted by atomic mass is 9.88. The van der Waals surface area contributed by atoms with Crippen LogP contribution in [0.2, 0.25) is 0 Å². The van der Waals surface area contributed by atoms with Crippen molar-refractivity contribution in [2.24, 2.45) is 5.73 Å². The van der Waals surface area contributed by atoms with Crippen molar-refractivity contribution in [3.05, 3.63) is 35.4 Å². The van der Waals surface area contributed by atoms with E-state index in [4.69, 9.17) is 5.73 Å². The highest BCUT2D eigenvalue weighted by Crippen LogP contribution is 2.36. The molecule has 0 radical (unpaired) electrons. The minimum absolute atomic E-state index is 0.177. The SMILES string of the molecule is NC1(c2cccc(CC(F)F)c2)CCCC1. The van der Waals surface area contributed by atoms with Gasteiger partial charge in [-0.2, -0.15) is 0 Å². The average molecular weight is 225 g/mol. The van der Waals surface area contributed by atoms with Crippen LogP contribution >= 0.6 is 0 Å². The number of rotatable bonds is 3. The van der Waals surface area contributed by atoms with Crippen molar-refractivity contribution in [3.63, 3.8) is 0 Å². The normalized spacial score (nSPS) is 19.2. The molecule has 2 N–H and O–H groups in total. The fourth-order valence-corrected chi connectivity index (χ4v) is 2.48. The van der Waals surface area contributed by atoms with E-state index in [0.29, 0.717) is 5.56 Å². The summed E-state index contributed by atoms with van der Waals surface area (Å²) in [5.41, 5.74) is 7.71. The second kappa shape index (κ2) is 4.50. The van der Waals surface area contributed by atoms with Gasteiger partial charge < -0.3 is 5.73 Å². The lowest BCUT2D eigenvalue weighted by Crippen LogP contribution is -2.33. The van der Waals surface area contributed by atoms with Gasteiger partial charge in [0, 0.05) is 12.0 Å². The number of halogens is 2. The third-order valence-corrected chi connectivity index (χ3v) is 3.39. The van der Waals surface area contributed by atoms with Gasteiger partial charge in [-0.05, 0) is 24.0 Å². The van der Waals surface area contributed by atoms with Crippen molar-refractivity contribution in [1.29, 1.82) is 0 Å². The average Bonchev–Trinajstić information content (AvgIpc) is 2.66. The third-order valence-electron chi connectivity index (χ3n) is 3.39. The maximum atomic E-state index is 12.3. The smallest absolute Gasteiger partial charge is 0.242 e. The van der Waals surface area contributed by atoms with E-state index in [2.05, 4.69) is 0 Å². The summed E-state index contributed by atoms with van der Waals surface area (Å²) >= 11 is 0. The molecule has 1 aliphatic rings. The molecule has 0 amide bonds. The largest absolute Gasteiger partial charge is 0.321 e. The molecule has 1 aliphatic carbocycles. The molecule has 1 aromatic carbocycles. The van der Waals surface area contributed by atoms with E-state index < -0.39 is 6.43 Å². The van der Waals surface area contributed by atoms with Crippen LogP contribution in [-0.2, 0) is 12.0 Å². The topological polar surface area (TPSA) is 26.0 Å². The summed E-state index contributed by atoms with van der Waals surface area (Å²) in [4.78, 5) is 0. The Hall–Kier alpha value is -0.960. The first-order valence-electron chi connectivity index (χ1n) is 5.77. The van der Waals surface area contributed by atoms with E-state index >= 15 is 0 Å². The van der Waals surface area contributed by atoms with Crippen LogP contribution in [0.3, 0.4) is 0 Å². The molecule has 0 aromatic heterocycles. The molecule has 1 aromatic rings. The molecule has 1 fully saturated rings. The van der Waals surface area contributed by atoms with Crippen LogP contribution in [0, 0.1) is 0 Å². The van der Waals surface area contributed by atoms with Gasteiger partial charge in [-0.3, -0.25) is 0 Å². The van der Waals surface area contributed by atoms with Crippen molar-refractivity contribution < 1.29 is 8.78 Å². The molecule has 2 rings (SSSR count). The minimum atomic E-state index is -2.28. The molecule has 88 valence electrons. The Bertz CT molecular complexity index is 357. The Morgan fingerprint density at radius 2 is 1.94 bits per heavy atom. The van der Waals surface area contributed by atoms with Gasteiger partial charge in [-0.15, -0.1) is 0 Å². The van der Waals surface area contributed by atoms with Crippen molar-refractivity contribution >= 4 is 0 Å². The number of nitrogens with two attached hydrogens (primary N) is 1. The van der Waals surface area contributed by atoms with Crippen molar-refractivity contribution in [2.45, 2.75) is 44.1 Å². The number of alkyl halides is 2. The summed E-state index contributed by atoms with van der Waals surface area (Å²) in [5.74, 6) is 0. The maximum absolute atomic E-state index is 12.3. The lowest BCUT2D eigenvalue weighted by Gasteiger charge is -2.24. The quantitative estimate of drug-likeness (QED) is 0.839. The van der Waals surface area contributed by atoms with E-state index in [1.165, 1.54) is 0 Å². The number of hydrogen-bond donors (Lipinski definition) is 1. The Labute approximate surface area is 94.7 Å². The Balaban J connectivity index is 2.21. The summed E-state index contributed by atoms with van der Waals surface area (Å²) in [5, 5.41) is 0. The van der Waals surface area contributed by atoms with E-state index in [0.717, 1.165) is 31.2 Å². The fraction of sp³-hybridized carbons (Fsp3) is 0.538. The van der Waals surface area contributed by atoms with E-state index in [9.17, 15) is 8.78 Å². The molecular formula is C13H17F2N. The zero-order chi connectivity index (χ0) is 11.6. The first-order chi connectivity index (χ1) is 7.60. The summed E-state index contributed by atoms with van der Waals surface area (Å²) in [7, 11) is 0. The second-order valence-corrected chi connectivity index (χ2v) is 4.66. The third kappa shape index (κ3) is 2.40. The second-order valence-electron chi connectivity index (χ2n) is 4.66. The molecule has 0 aliphatic heterocycles.